The van der Waals surface area contributed by atoms with Gasteiger partial charge in [-0.15, -0.1) is 0 Å². The van der Waals surface area contributed by atoms with Gasteiger partial charge in [0.2, 0.25) is 0 Å². The van der Waals surface area contributed by atoms with Crippen molar-refractivity contribution in [1.82, 2.24) is 10.2 Å². The van der Waals surface area contributed by atoms with Gasteiger partial charge in [-0.05, 0) is 37.5 Å². The third-order valence-electron chi connectivity index (χ3n) is 4.38. The first-order chi connectivity index (χ1) is 8.99. The van der Waals surface area contributed by atoms with E-state index in [2.05, 4.69) is 51.8 Å². The van der Waals surface area contributed by atoms with Crippen molar-refractivity contribution in [3.63, 3.8) is 0 Å². The molecule has 0 spiro atoms. The number of rotatable bonds is 10. The molecule has 2 heteroatoms. The van der Waals surface area contributed by atoms with Gasteiger partial charge in [-0.2, -0.15) is 0 Å². The number of hydrogen-bond acceptors (Lipinski definition) is 2. The predicted molar refractivity (Wildman–Crippen MR) is 85.6 cm³/mol. The van der Waals surface area contributed by atoms with Crippen LogP contribution in [-0.2, 0) is 0 Å². The maximum atomic E-state index is 3.75. The maximum Gasteiger partial charge on any atom is 0.0246 e. The zero-order valence-corrected chi connectivity index (χ0v) is 14.1. The smallest absolute Gasteiger partial charge is 0.0246 e. The highest BCUT2D eigenvalue weighted by Gasteiger charge is 2.29. The van der Waals surface area contributed by atoms with Gasteiger partial charge in [-0.1, -0.05) is 41.5 Å². The highest BCUT2D eigenvalue weighted by atomic mass is 15.2. The minimum Gasteiger partial charge on any atom is -0.312 e. The van der Waals surface area contributed by atoms with E-state index in [0.29, 0.717) is 6.04 Å². The molecule has 1 aliphatic rings. The first-order valence-corrected chi connectivity index (χ1v) is 8.48. The Morgan fingerprint density at radius 3 is 2.00 bits per heavy atom. The molecule has 19 heavy (non-hydrogen) atoms. The van der Waals surface area contributed by atoms with Crippen molar-refractivity contribution >= 4 is 0 Å². The van der Waals surface area contributed by atoms with Crippen LogP contribution in [0.1, 0.15) is 67.2 Å². The van der Waals surface area contributed by atoms with Gasteiger partial charge in [0.1, 0.15) is 0 Å². The lowest BCUT2D eigenvalue weighted by atomic mass is 9.96. The van der Waals surface area contributed by atoms with E-state index >= 15 is 0 Å². The van der Waals surface area contributed by atoms with E-state index in [4.69, 9.17) is 0 Å². The van der Waals surface area contributed by atoms with Crippen LogP contribution in [0, 0.1) is 11.8 Å². The molecule has 1 fully saturated rings. The third kappa shape index (κ3) is 5.83. The van der Waals surface area contributed by atoms with Crippen LogP contribution in [0.4, 0.5) is 0 Å². The molecule has 0 amide bonds. The molecule has 1 rings (SSSR count). The molecule has 1 aliphatic carbocycles. The molecule has 0 aromatic carbocycles. The Labute approximate surface area is 121 Å². The molecule has 1 saturated carbocycles. The third-order valence-corrected chi connectivity index (χ3v) is 4.38. The van der Waals surface area contributed by atoms with Crippen LogP contribution in [-0.4, -0.2) is 36.1 Å². The minimum atomic E-state index is 0.688. The van der Waals surface area contributed by atoms with E-state index in [1.807, 2.05) is 0 Å². The van der Waals surface area contributed by atoms with Gasteiger partial charge in [0, 0.05) is 31.2 Å². The molecule has 0 aromatic heterocycles. The van der Waals surface area contributed by atoms with Gasteiger partial charge in [0.05, 0.1) is 0 Å². The van der Waals surface area contributed by atoms with Crippen LogP contribution in [0.3, 0.4) is 0 Å². The van der Waals surface area contributed by atoms with Crippen molar-refractivity contribution in [3.05, 3.63) is 0 Å². The number of nitrogens with one attached hydrogen (secondary N) is 1. The molecule has 0 aliphatic heterocycles. The van der Waals surface area contributed by atoms with Crippen molar-refractivity contribution in [2.45, 2.75) is 85.4 Å². The van der Waals surface area contributed by atoms with Crippen molar-refractivity contribution in [1.29, 1.82) is 0 Å². The van der Waals surface area contributed by atoms with Crippen LogP contribution >= 0.6 is 0 Å². The molecule has 0 radical (unpaired) electrons. The standard InChI is InChI=1S/C17H36N2/c1-7-16(8-2)19(12-13(3)4)17(14(5)6)11-18-15-9-10-15/h13-18H,7-12H2,1-6H3. The fourth-order valence-corrected chi connectivity index (χ4v) is 3.05. The molecule has 0 aromatic rings. The fourth-order valence-electron chi connectivity index (χ4n) is 3.05. The lowest BCUT2D eigenvalue weighted by Crippen LogP contribution is -2.51. The van der Waals surface area contributed by atoms with E-state index in [1.165, 1.54) is 38.8 Å². The maximum absolute atomic E-state index is 3.75. The summed E-state index contributed by atoms with van der Waals surface area (Å²) < 4.78 is 0. The second-order valence-electron chi connectivity index (χ2n) is 7.05. The van der Waals surface area contributed by atoms with E-state index in [-0.39, 0.29) is 0 Å². The molecule has 2 nitrogen and oxygen atoms in total. The normalized spacial score (nSPS) is 18.0. The summed E-state index contributed by atoms with van der Waals surface area (Å²) >= 11 is 0. The topological polar surface area (TPSA) is 15.3 Å². The Bertz CT molecular complexity index is 229. The van der Waals surface area contributed by atoms with E-state index in [0.717, 1.165) is 23.9 Å². The first-order valence-electron chi connectivity index (χ1n) is 8.48. The summed E-state index contributed by atoms with van der Waals surface area (Å²) in [6.45, 7) is 16.6. The highest BCUT2D eigenvalue weighted by molar-refractivity contribution is 4.87. The van der Waals surface area contributed by atoms with Crippen molar-refractivity contribution < 1.29 is 0 Å². The summed E-state index contributed by atoms with van der Waals surface area (Å²) in [5.41, 5.74) is 0. The van der Waals surface area contributed by atoms with Gasteiger partial charge in [-0.3, -0.25) is 4.90 Å². The summed E-state index contributed by atoms with van der Waals surface area (Å²) in [7, 11) is 0. The SMILES string of the molecule is CCC(CC)N(CC(C)C)C(CNC1CC1)C(C)C. The van der Waals surface area contributed by atoms with E-state index in [9.17, 15) is 0 Å². The quantitative estimate of drug-likeness (QED) is 0.646. The van der Waals surface area contributed by atoms with Crippen LogP contribution in [0.15, 0.2) is 0 Å². The lowest BCUT2D eigenvalue weighted by Gasteiger charge is -2.41. The molecule has 0 saturated heterocycles. The van der Waals surface area contributed by atoms with Gasteiger partial charge >= 0.3 is 0 Å². The van der Waals surface area contributed by atoms with Crippen molar-refractivity contribution in [3.8, 4) is 0 Å². The summed E-state index contributed by atoms with van der Waals surface area (Å²) in [5, 5.41) is 3.75. The number of nitrogens with zero attached hydrogens (tertiary/aromatic N) is 1. The van der Waals surface area contributed by atoms with Gasteiger partial charge < -0.3 is 5.32 Å². The molecule has 0 bridgehead atoms. The molecule has 1 unspecified atom stereocenters. The largest absolute Gasteiger partial charge is 0.312 e. The van der Waals surface area contributed by atoms with Crippen LogP contribution in [0.25, 0.3) is 0 Å². The Balaban J connectivity index is 2.68. The Hall–Kier alpha value is -0.0800. The average Bonchev–Trinajstić information content (AvgIpc) is 3.13. The van der Waals surface area contributed by atoms with Crippen LogP contribution in [0.2, 0.25) is 0 Å². The lowest BCUT2D eigenvalue weighted by molar-refractivity contribution is 0.0802. The minimum absolute atomic E-state index is 0.688. The fraction of sp³-hybridized carbons (Fsp3) is 1.00. The number of hydrogen-bond donors (Lipinski definition) is 1. The molecule has 1 N–H and O–H groups in total. The molecule has 1 atom stereocenters. The van der Waals surface area contributed by atoms with E-state index < -0.39 is 0 Å². The predicted octanol–water partition coefficient (Wildman–Crippen LogP) is 3.91. The van der Waals surface area contributed by atoms with Crippen molar-refractivity contribution in [2.24, 2.45) is 11.8 Å². The van der Waals surface area contributed by atoms with Crippen LogP contribution in [0.5, 0.6) is 0 Å². The zero-order valence-electron chi connectivity index (χ0n) is 14.1. The van der Waals surface area contributed by atoms with Gasteiger partial charge in [-0.25, -0.2) is 0 Å². The molecular weight excluding hydrogens is 232 g/mol. The Morgan fingerprint density at radius 2 is 1.63 bits per heavy atom. The first kappa shape index (κ1) is 17.0. The summed E-state index contributed by atoms with van der Waals surface area (Å²) in [6, 6.07) is 2.26. The van der Waals surface area contributed by atoms with Crippen LogP contribution < -0.4 is 5.32 Å². The van der Waals surface area contributed by atoms with Gasteiger partial charge in [0.15, 0.2) is 0 Å². The highest BCUT2D eigenvalue weighted by Crippen LogP contribution is 2.23. The Morgan fingerprint density at radius 1 is 1.05 bits per heavy atom. The average molecular weight is 268 g/mol. The zero-order chi connectivity index (χ0) is 14.4. The summed E-state index contributed by atoms with van der Waals surface area (Å²) in [5.74, 6) is 1.48. The molecule has 114 valence electrons. The van der Waals surface area contributed by atoms with E-state index in [1.54, 1.807) is 0 Å². The summed E-state index contributed by atoms with van der Waals surface area (Å²) in [4.78, 5) is 2.80. The van der Waals surface area contributed by atoms with Gasteiger partial charge in [0.25, 0.3) is 0 Å². The monoisotopic (exact) mass is 268 g/mol. The molecular formula is C17H36N2. The molecule has 0 heterocycles. The second-order valence-corrected chi connectivity index (χ2v) is 7.05. The summed E-state index contributed by atoms with van der Waals surface area (Å²) in [6.07, 6.45) is 5.33. The second kappa shape index (κ2) is 8.26. The Kier molecular flexibility index (Phi) is 7.38. The van der Waals surface area contributed by atoms with Crippen molar-refractivity contribution in [2.75, 3.05) is 13.1 Å².